The maximum atomic E-state index is 11.2. The third-order valence-corrected chi connectivity index (χ3v) is 3.24. The number of carbonyl (C=O) groups excluding carboxylic acids is 2. The number of esters is 1. The summed E-state index contributed by atoms with van der Waals surface area (Å²) in [5.74, 6) is -1.25. The van der Waals surface area contributed by atoms with Crippen LogP contribution in [0, 0.1) is 0 Å². The molecule has 0 heterocycles. The van der Waals surface area contributed by atoms with Crippen LogP contribution in [0.15, 0.2) is 60.7 Å². The van der Waals surface area contributed by atoms with Crippen LogP contribution >= 0.6 is 0 Å². The van der Waals surface area contributed by atoms with E-state index in [-0.39, 0.29) is 32.0 Å². The van der Waals surface area contributed by atoms with Crippen molar-refractivity contribution in [3.05, 3.63) is 71.8 Å². The highest BCUT2D eigenvalue weighted by atomic mass is 16.5. The Balaban J connectivity index is 0.000000289. The number of benzene rings is 2. The first kappa shape index (κ1) is 21.7. The average molecular weight is 373 g/mol. The van der Waals surface area contributed by atoms with Gasteiger partial charge in [0.15, 0.2) is 0 Å². The fraction of sp³-hybridized carbons (Fsp3) is 0.250. The predicted molar refractivity (Wildman–Crippen MR) is 98.5 cm³/mol. The van der Waals surface area contributed by atoms with Gasteiger partial charge in [-0.25, -0.2) is 4.79 Å². The van der Waals surface area contributed by atoms with E-state index < -0.39 is 12.1 Å². The lowest BCUT2D eigenvalue weighted by molar-refractivity contribution is -0.145. The molecule has 0 saturated carbocycles. The van der Waals surface area contributed by atoms with Gasteiger partial charge in [0, 0.05) is 12.8 Å². The van der Waals surface area contributed by atoms with Crippen LogP contribution in [0.4, 0.5) is 4.79 Å². The molecule has 2 rings (SSSR count). The third-order valence-electron chi connectivity index (χ3n) is 3.24. The molecule has 0 aliphatic rings. The van der Waals surface area contributed by atoms with Crippen molar-refractivity contribution in [1.29, 1.82) is 0 Å². The van der Waals surface area contributed by atoms with Crippen LogP contribution in [0.25, 0.3) is 0 Å². The molecular weight excluding hydrogens is 350 g/mol. The topological polar surface area (TPSA) is 116 Å². The monoisotopic (exact) mass is 373 g/mol. The van der Waals surface area contributed by atoms with Gasteiger partial charge < -0.3 is 20.3 Å². The maximum absolute atomic E-state index is 11.2. The molecule has 0 aliphatic heterocycles. The highest BCUT2D eigenvalue weighted by molar-refractivity contribution is 5.71. The molecule has 0 bridgehead atoms. The lowest BCUT2D eigenvalue weighted by atomic mass is 10.2. The van der Waals surface area contributed by atoms with E-state index in [1.165, 1.54) is 0 Å². The van der Waals surface area contributed by atoms with E-state index in [0.29, 0.717) is 6.42 Å². The number of ether oxygens (including phenoxy) is 2. The maximum Gasteiger partial charge on any atom is 0.404 e. The summed E-state index contributed by atoms with van der Waals surface area (Å²) in [5.41, 5.74) is 6.64. The zero-order chi connectivity index (χ0) is 19.9. The fourth-order valence-electron chi connectivity index (χ4n) is 1.92. The summed E-state index contributed by atoms with van der Waals surface area (Å²) in [6, 6.07) is 18.7. The Morgan fingerprint density at radius 3 is 1.70 bits per heavy atom. The minimum atomic E-state index is -0.893. The SMILES string of the molecule is NC(=O)OCc1ccccc1.O=C(O)CCCC(=O)OCc1ccccc1. The van der Waals surface area contributed by atoms with Gasteiger partial charge in [0.1, 0.15) is 13.2 Å². The van der Waals surface area contributed by atoms with E-state index in [9.17, 15) is 14.4 Å². The molecule has 0 aliphatic carbocycles. The highest BCUT2D eigenvalue weighted by Gasteiger charge is 2.05. The van der Waals surface area contributed by atoms with Crippen molar-refractivity contribution < 1.29 is 29.0 Å². The van der Waals surface area contributed by atoms with Gasteiger partial charge in [-0.2, -0.15) is 0 Å². The van der Waals surface area contributed by atoms with Gasteiger partial charge in [0.05, 0.1) is 0 Å². The normalized spacial score (nSPS) is 9.48. The Morgan fingerprint density at radius 1 is 0.778 bits per heavy atom. The lowest BCUT2D eigenvalue weighted by Crippen LogP contribution is -2.12. The van der Waals surface area contributed by atoms with Crippen LogP contribution in [0.2, 0.25) is 0 Å². The highest BCUT2D eigenvalue weighted by Crippen LogP contribution is 2.03. The number of carboxylic acids is 1. The second-order valence-electron chi connectivity index (χ2n) is 5.49. The van der Waals surface area contributed by atoms with E-state index >= 15 is 0 Å². The molecule has 0 unspecified atom stereocenters. The van der Waals surface area contributed by atoms with Crippen LogP contribution < -0.4 is 5.73 Å². The van der Waals surface area contributed by atoms with Crippen molar-refractivity contribution in [2.45, 2.75) is 32.5 Å². The Hall–Kier alpha value is -3.35. The Kier molecular flexibility index (Phi) is 10.4. The average Bonchev–Trinajstić information content (AvgIpc) is 2.67. The summed E-state index contributed by atoms with van der Waals surface area (Å²) < 4.78 is 9.54. The standard InChI is InChI=1S/C12H14O4.C8H9NO2/c13-11(14)7-4-8-12(15)16-9-10-5-2-1-3-6-10;9-8(10)11-6-7-4-2-1-3-5-7/h1-3,5-6H,4,7-9H2,(H,13,14);1-5H,6H2,(H2,9,10). The van der Waals surface area contributed by atoms with Gasteiger partial charge >= 0.3 is 18.0 Å². The number of primary amides is 1. The number of carboxylic acid groups (broad SMARTS) is 1. The van der Waals surface area contributed by atoms with E-state index in [4.69, 9.17) is 15.6 Å². The summed E-state index contributed by atoms with van der Waals surface area (Å²) in [6.45, 7) is 0.489. The van der Waals surface area contributed by atoms with Gasteiger partial charge in [0.2, 0.25) is 0 Å². The number of aliphatic carboxylic acids is 1. The molecule has 27 heavy (non-hydrogen) atoms. The van der Waals surface area contributed by atoms with E-state index in [1.54, 1.807) is 0 Å². The Morgan fingerprint density at radius 2 is 1.26 bits per heavy atom. The van der Waals surface area contributed by atoms with E-state index in [0.717, 1.165) is 11.1 Å². The van der Waals surface area contributed by atoms with Crippen molar-refractivity contribution in [2.24, 2.45) is 5.73 Å². The first-order valence-corrected chi connectivity index (χ1v) is 8.35. The minimum absolute atomic E-state index is 0.000434. The number of amides is 1. The van der Waals surface area contributed by atoms with Crippen LogP contribution in [-0.4, -0.2) is 23.1 Å². The number of nitrogens with two attached hydrogens (primary N) is 1. The predicted octanol–water partition coefficient (Wildman–Crippen LogP) is 3.27. The summed E-state index contributed by atoms with van der Waals surface area (Å²) >= 11 is 0. The number of hydrogen-bond donors (Lipinski definition) is 2. The molecule has 1 amide bonds. The van der Waals surface area contributed by atoms with Crippen molar-refractivity contribution in [3.8, 4) is 0 Å². The van der Waals surface area contributed by atoms with Crippen molar-refractivity contribution in [2.75, 3.05) is 0 Å². The van der Waals surface area contributed by atoms with Crippen LogP contribution in [-0.2, 0) is 32.3 Å². The molecule has 0 spiro atoms. The molecule has 2 aromatic rings. The summed E-state index contributed by atoms with van der Waals surface area (Å²) in [6.07, 6.45) is -0.267. The van der Waals surface area contributed by atoms with Crippen molar-refractivity contribution >= 4 is 18.0 Å². The molecule has 2 aromatic carbocycles. The second kappa shape index (κ2) is 12.9. The van der Waals surface area contributed by atoms with Gasteiger partial charge in [-0.3, -0.25) is 9.59 Å². The number of hydrogen-bond acceptors (Lipinski definition) is 5. The quantitative estimate of drug-likeness (QED) is 0.686. The molecule has 3 N–H and O–H groups in total. The molecule has 0 atom stereocenters. The Bertz CT molecular complexity index is 703. The summed E-state index contributed by atoms with van der Waals surface area (Å²) in [5, 5.41) is 8.38. The smallest absolute Gasteiger partial charge is 0.404 e. The minimum Gasteiger partial charge on any atom is -0.481 e. The van der Waals surface area contributed by atoms with Crippen LogP contribution in [0.1, 0.15) is 30.4 Å². The molecule has 0 radical (unpaired) electrons. The molecule has 7 nitrogen and oxygen atoms in total. The molecule has 7 heteroatoms. The van der Waals surface area contributed by atoms with Gasteiger partial charge in [-0.15, -0.1) is 0 Å². The van der Waals surface area contributed by atoms with Crippen molar-refractivity contribution in [1.82, 2.24) is 0 Å². The zero-order valence-electron chi connectivity index (χ0n) is 14.9. The lowest BCUT2D eigenvalue weighted by Gasteiger charge is -2.03. The molecule has 0 saturated heterocycles. The largest absolute Gasteiger partial charge is 0.481 e. The first-order valence-electron chi connectivity index (χ1n) is 8.35. The van der Waals surface area contributed by atoms with Crippen LogP contribution in [0.3, 0.4) is 0 Å². The van der Waals surface area contributed by atoms with Crippen molar-refractivity contribution in [3.63, 3.8) is 0 Å². The van der Waals surface area contributed by atoms with E-state index in [2.05, 4.69) is 4.74 Å². The Labute approximate surface area is 157 Å². The summed E-state index contributed by atoms with van der Waals surface area (Å²) in [4.78, 5) is 31.6. The number of rotatable bonds is 8. The van der Waals surface area contributed by atoms with Gasteiger partial charge in [-0.05, 0) is 17.5 Å². The number of carbonyl (C=O) groups is 3. The fourth-order valence-corrected chi connectivity index (χ4v) is 1.92. The second-order valence-corrected chi connectivity index (χ2v) is 5.49. The molecule has 0 aromatic heterocycles. The van der Waals surface area contributed by atoms with Gasteiger partial charge in [0.25, 0.3) is 0 Å². The van der Waals surface area contributed by atoms with E-state index in [1.807, 2.05) is 60.7 Å². The zero-order valence-corrected chi connectivity index (χ0v) is 14.9. The summed E-state index contributed by atoms with van der Waals surface area (Å²) in [7, 11) is 0. The van der Waals surface area contributed by atoms with Crippen LogP contribution in [0.5, 0.6) is 0 Å². The molecular formula is C20H23NO6. The first-order chi connectivity index (χ1) is 13.0. The van der Waals surface area contributed by atoms with Gasteiger partial charge in [-0.1, -0.05) is 60.7 Å². The molecule has 0 fully saturated rings. The molecule has 144 valence electrons. The third kappa shape index (κ3) is 11.8.